The number of Topliss-reactive ketones (excluding diaryl/α,β-unsaturated/α-hetero) is 1. The first-order valence-electron chi connectivity index (χ1n) is 8.82. The second-order valence-corrected chi connectivity index (χ2v) is 7.24. The molecule has 0 N–H and O–H groups in total. The molecular formula is C23H16Cl2O4. The van der Waals surface area contributed by atoms with Gasteiger partial charge in [0.1, 0.15) is 23.9 Å². The minimum Gasteiger partial charge on any atom is -0.497 e. The summed E-state index contributed by atoms with van der Waals surface area (Å²) in [6, 6.07) is 17.8. The van der Waals surface area contributed by atoms with E-state index in [-0.39, 0.29) is 18.1 Å². The lowest BCUT2D eigenvalue weighted by molar-refractivity contribution is 0.101. The molecule has 0 radical (unpaired) electrons. The molecule has 1 aliphatic heterocycles. The molecule has 0 saturated carbocycles. The molecular weight excluding hydrogens is 411 g/mol. The minimum atomic E-state index is -0.171. The van der Waals surface area contributed by atoms with E-state index < -0.39 is 0 Å². The molecule has 4 rings (SSSR count). The summed E-state index contributed by atoms with van der Waals surface area (Å²) >= 11 is 12.1. The van der Waals surface area contributed by atoms with E-state index in [2.05, 4.69) is 0 Å². The van der Waals surface area contributed by atoms with Crippen molar-refractivity contribution in [3.05, 3.63) is 93.2 Å². The highest BCUT2D eigenvalue weighted by Crippen LogP contribution is 2.35. The van der Waals surface area contributed by atoms with Crippen LogP contribution in [0.1, 0.15) is 21.5 Å². The number of fused-ring (bicyclic) bond motifs is 1. The molecule has 0 aromatic heterocycles. The Labute approximate surface area is 178 Å². The lowest BCUT2D eigenvalue weighted by Gasteiger charge is -2.09. The highest BCUT2D eigenvalue weighted by Gasteiger charge is 2.27. The fourth-order valence-electron chi connectivity index (χ4n) is 2.94. The van der Waals surface area contributed by atoms with E-state index in [0.717, 1.165) is 11.1 Å². The van der Waals surface area contributed by atoms with E-state index in [1.54, 1.807) is 43.5 Å². The van der Waals surface area contributed by atoms with Crippen LogP contribution in [0.3, 0.4) is 0 Å². The Hall–Kier alpha value is -2.95. The topological polar surface area (TPSA) is 44.8 Å². The molecule has 29 heavy (non-hydrogen) atoms. The first-order valence-corrected chi connectivity index (χ1v) is 9.58. The molecule has 0 fully saturated rings. The van der Waals surface area contributed by atoms with Crippen LogP contribution >= 0.6 is 23.2 Å². The van der Waals surface area contributed by atoms with Crippen molar-refractivity contribution in [1.29, 1.82) is 0 Å². The second-order valence-electron chi connectivity index (χ2n) is 6.40. The van der Waals surface area contributed by atoms with Crippen molar-refractivity contribution in [2.24, 2.45) is 0 Å². The van der Waals surface area contributed by atoms with Crippen LogP contribution in [0.25, 0.3) is 6.08 Å². The van der Waals surface area contributed by atoms with Crippen molar-refractivity contribution >= 4 is 35.1 Å². The quantitative estimate of drug-likeness (QED) is 0.455. The largest absolute Gasteiger partial charge is 0.497 e. The number of allylic oxidation sites excluding steroid dienone is 1. The van der Waals surface area contributed by atoms with Gasteiger partial charge in [0.05, 0.1) is 12.7 Å². The molecule has 6 heteroatoms. The fraction of sp³-hybridized carbons (Fsp3) is 0.0870. The Morgan fingerprint density at radius 3 is 2.66 bits per heavy atom. The lowest BCUT2D eigenvalue weighted by atomic mass is 10.1. The Balaban J connectivity index is 1.51. The van der Waals surface area contributed by atoms with Crippen LogP contribution in [0, 0.1) is 0 Å². The first kappa shape index (κ1) is 19.4. The van der Waals surface area contributed by atoms with Gasteiger partial charge in [0, 0.05) is 21.7 Å². The Morgan fingerprint density at radius 1 is 1.00 bits per heavy atom. The maximum absolute atomic E-state index is 12.6. The molecule has 0 amide bonds. The van der Waals surface area contributed by atoms with Gasteiger partial charge in [-0.25, -0.2) is 0 Å². The van der Waals surface area contributed by atoms with Crippen LogP contribution in [-0.2, 0) is 6.61 Å². The number of methoxy groups -OCH3 is 1. The average Bonchev–Trinajstić information content (AvgIpc) is 3.02. The zero-order valence-corrected chi connectivity index (χ0v) is 17.0. The molecule has 0 saturated heterocycles. The number of hydrogen-bond donors (Lipinski definition) is 0. The van der Waals surface area contributed by atoms with Crippen molar-refractivity contribution in [3.8, 4) is 17.2 Å². The maximum atomic E-state index is 12.6. The Bertz CT molecular complexity index is 1120. The predicted molar refractivity (Wildman–Crippen MR) is 113 cm³/mol. The maximum Gasteiger partial charge on any atom is 0.231 e. The highest BCUT2D eigenvalue weighted by atomic mass is 35.5. The van der Waals surface area contributed by atoms with Crippen molar-refractivity contribution in [2.45, 2.75) is 6.61 Å². The van der Waals surface area contributed by atoms with Gasteiger partial charge in [0.25, 0.3) is 0 Å². The van der Waals surface area contributed by atoms with Crippen LogP contribution in [0.15, 0.2) is 66.4 Å². The predicted octanol–water partition coefficient (Wildman–Crippen LogP) is 6.20. The molecule has 0 spiro atoms. The molecule has 0 aliphatic carbocycles. The van der Waals surface area contributed by atoms with Gasteiger partial charge in [0.15, 0.2) is 5.76 Å². The van der Waals surface area contributed by atoms with Crippen LogP contribution in [-0.4, -0.2) is 12.9 Å². The third-order valence-electron chi connectivity index (χ3n) is 4.44. The zero-order valence-electron chi connectivity index (χ0n) is 15.4. The number of ketones is 1. The third-order valence-corrected chi connectivity index (χ3v) is 5.03. The van der Waals surface area contributed by atoms with Crippen LogP contribution in [0.5, 0.6) is 17.2 Å². The minimum absolute atomic E-state index is 0.171. The van der Waals surface area contributed by atoms with E-state index in [4.69, 9.17) is 37.4 Å². The summed E-state index contributed by atoms with van der Waals surface area (Å²) < 4.78 is 16.8. The van der Waals surface area contributed by atoms with E-state index in [9.17, 15) is 4.79 Å². The van der Waals surface area contributed by atoms with Gasteiger partial charge in [-0.05, 0) is 48.0 Å². The summed E-state index contributed by atoms with van der Waals surface area (Å²) in [5, 5.41) is 1.10. The second kappa shape index (κ2) is 8.19. The number of carbonyl (C=O) groups is 1. The number of benzene rings is 3. The summed E-state index contributed by atoms with van der Waals surface area (Å²) in [7, 11) is 1.60. The first-order chi connectivity index (χ1) is 14.0. The number of hydrogen-bond acceptors (Lipinski definition) is 4. The van der Waals surface area contributed by atoms with Gasteiger partial charge in [-0.1, -0.05) is 41.4 Å². The molecule has 1 heterocycles. The molecule has 3 aromatic carbocycles. The summed E-state index contributed by atoms with van der Waals surface area (Å²) in [5.74, 6) is 1.83. The summed E-state index contributed by atoms with van der Waals surface area (Å²) in [6.07, 6.45) is 1.69. The zero-order chi connectivity index (χ0) is 20.4. The summed E-state index contributed by atoms with van der Waals surface area (Å²) in [5.41, 5.74) is 2.12. The molecule has 4 nitrogen and oxygen atoms in total. The van der Waals surface area contributed by atoms with E-state index in [1.165, 1.54) is 0 Å². The Kier molecular flexibility index (Phi) is 5.47. The van der Waals surface area contributed by atoms with E-state index in [0.29, 0.717) is 32.9 Å². The molecule has 1 aliphatic rings. The van der Waals surface area contributed by atoms with Gasteiger partial charge in [-0.2, -0.15) is 0 Å². The number of rotatable bonds is 5. The Morgan fingerprint density at radius 2 is 1.86 bits per heavy atom. The number of ether oxygens (including phenoxy) is 3. The molecule has 0 bridgehead atoms. The third kappa shape index (κ3) is 4.24. The molecule has 0 unspecified atom stereocenters. The molecule has 146 valence electrons. The van der Waals surface area contributed by atoms with Gasteiger partial charge < -0.3 is 14.2 Å². The van der Waals surface area contributed by atoms with E-state index in [1.807, 2.05) is 30.3 Å². The fourth-order valence-corrected chi connectivity index (χ4v) is 3.40. The smallest absolute Gasteiger partial charge is 0.231 e. The monoisotopic (exact) mass is 426 g/mol. The SMILES string of the molecule is COc1cccc(C=C2Oc3cc(OCc4ccc(Cl)cc4Cl)ccc3C2=O)c1. The number of carbonyl (C=O) groups excluding carboxylic acids is 1. The molecule has 0 atom stereocenters. The average molecular weight is 427 g/mol. The van der Waals surface area contributed by atoms with E-state index >= 15 is 0 Å². The highest BCUT2D eigenvalue weighted by molar-refractivity contribution is 6.35. The normalized spacial score (nSPS) is 13.9. The van der Waals surface area contributed by atoms with Crippen LogP contribution in [0.2, 0.25) is 10.0 Å². The summed E-state index contributed by atoms with van der Waals surface area (Å²) in [4.78, 5) is 12.6. The van der Waals surface area contributed by atoms with Crippen molar-refractivity contribution in [1.82, 2.24) is 0 Å². The molecule has 3 aromatic rings. The van der Waals surface area contributed by atoms with Crippen LogP contribution in [0.4, 0.5) is 0 Å². The van der Waals surface area contributed by atoms with Gasteiger partial charge >= 0.3 is 0 Å². The van der Waals surface area contributed by atoms with Crippen molar-refractivity contribution < 1.29 is 19.0 Å². The van der Waals surface area contributed by atoms with Crippen LogP contribution < -0.4 is 14.2 Å². The van der Waals surface area contributed by atoms with Gasteiger partial charge in [-0.15, -0.1) is 0 Å². The van der Waals surface area contributed by atoms with Gasteiger partial charge in [0.2, 0.25) is 5.78 Å². The van der Waals surface area contributed by atoms with Gasteiger partial charge in [-0.3, -0.25) is 4.79 Å². The van der Waals surface area contributed by atoms with Crippen molar-refractivity contribution in [3.63, 3.8) is 0 Å². The number of halogens is 2. The standard InChI is InChI=1S/C23H16Cl2O4/c1-27-17-4-2-3-14(9-17)10-22-23(26)19-8-7-18(12-21(19)29-22)28-13-15-5-6-16(24)11-20(15)25/h2-12H,13H2,1H3. The summed E-state index contributed by atoms with van der Waals surface area (Å²) in [6.45, 7) is 0.273. The lowest BCUT2D eigenvalue weighted by Crippen LogP contribution is -1.98. The van der Waals surface area contributed by atoms with Crippen molar-refractivity contribution in [2.75, 3.05) is 7.11 Å².